The minimum Gasteiger partial charge on any atom is -0.394 e. The predicted octanol–water partition coefficient (Wildman–Crippen LogP) is 3.22. The molecule has 0 spiro atoms. The molecule has 1 aromatic heterocycles. The first-order chi connectivity index (χ1) is 8.60. The Bertz CT molecular complexity index is 469. The number of nitrogen functional groups attached to an aromatic ring is 1. The highest BCUT2D eigenvalue weighted by atomic mass is 15.3. The summed E-state index contributed by atoms with van der Waals surface area (Å²) in [6, 6.07) is 0. The summed E-state index contributed by atoms with van der Waals surface area (Å²) in [5, 5.41) is 8.02. The monoisotopic (exact) mass is 264 g/mol. The van der Waals surface area contributed by atoms with Crippen molar-refractivity contribution < 1.29 is 0 Å². The molecule has 3 N–H and O–H groups in total. The highest BCUT2D eigenvalue weighted by Crippen LogP contribution is 2.68. The van der Waals surface area contributed by atoms with Gasteiger partial charge in [-0.05, 0) is 22.7 Å². The summed E-state index contributed by atoms with van der Waals surface area (Å²) >= 11 is 0. The number of aromatic nitrogens is 2. The van der Waals surface area contributed by atoms with Gasteiger partial charge in [-0.3, -0.25) is 4.68 Å². The van der Waals surface area contributed by atoms with Crippen LogP contribution in [0.4, 0.5) is 11.5 Å². The highest BCUT2D eigenvalue weighted by Gasteiger charge is 2.64. The molecule has 0 atom stereocenters. The van der Waals surface area contributed by atoms with Crippen LogP contribution in [-0.2, 0) is 7.05 Å². The standard InChI is InChI=1S/C15H28N4/c1-9(2)12-11(16)13(19(7)18-12)17-8-10-14(3,4)15(10,5)6/h9-10,17H,8,16H2,1-7H3. The number of nitrogens with two attached hydrogens (primary N) is 1. The van der Waals surface area contributed by atoms with E-state index in [1.54, 1.807) is 0 Å². The lowest BCUT2D eigenvalue weighted by Gasteiger charge is -2.09. The van der Waals surface area contributed by atoms with Gasteiger partial charge in [0.2, 0.25) is 0 Å². The lowest BCUT2D eigenvalue weighted by atomic mass is 10.0. The summed E-state index contributed by atoms with van der Waals surface area (Å²) in [6.07, 6.45) is 0. The Labute approximate surface area is 116 Å². The number of nitrogens with zero attached hydrogens (tertiary/aromatic N) is 2. The number of aryl methyl sites for hydroxylation is 1. The lowest BCUT2D eigenvalue weighted by molar-refractivity contribution is 0.457. The van der Waals surface area contributed by atoms with Crippen molar-refractivity contribution in [2.24, 2.45) is 23.8 Å². The van der Waals surface area contributed by atoms with Crippen molar-refractivity contribution >= 4 is 11.5 Å². The van der Waals surface area contributed by atoms with Gasteiger partial charge in [-0.1, -0.05) is 41.5 Å². The van der Waals surface area contributed by atoms with Crippen LogP contribution < -0.4 is 11.1 Å². The molecule has 19 heavy (non-hydrogen) atoms. The summed E-state index contributed by atoms with van der Waals surface area (Å²) in [4.78, 5) is 0. The van der Waals surface area contributed by atoms with Crippen molar-refractivity contribution in [1.82, 2.24) is 9.78 Å². The van der Waals surface area contributed by atoms with E-state index in [9.17, 15) is 0 Å². The van der Waals surface area contributed by atoms with Crippen molar-refractivity contribution in [2.45, 2.75) is 47.5 Å². The topological polar surface area (TPSA) is 55.9 Å². The third kappa shape index (κ3) is 2.01. The molecule has 0 radical (unpaired) electrons. The highest BCUT2D eigenvalue weighted by molar-refractivity contribution is 5.65. The Balaban J connectivity index is 2.10. The Morgan fingerprint density at radius 2 is 1.79 bits per heavy atom. The smallest absolute Gasteiger partial charge is 0.147 e. The number of rotatable bonds is 4. The van der Waals surface area contributed by atoms with Gasteiger partial charge in [-0.2, -0.15) is 5.10 Å². The van der Waals surface area contributed by atoms with Crippen LogP contribution in [0.2, 0.25) is 0 Å². The molecule has 0 aliphatic heterocycles. The average Bonchev–Trinajstić information content (AvgIpc) is 2.52. The molecule has 1 fully saturated rings. The van der Waals surface area contributed by atoms with Crippen molar-refractivity contribution in [2.75, 3.05) is 17.6 Å². The third-order valence-corrected chi connectivity index (χ3v) is 5.45. The van der Waals surface area contributed by atoms with Crippen molar-refractivity contribution in [1.29, 1.82) is 0 Å². The molecule has 0 amide bonds. The van der Waals surface area contributed by atoms with E-state index >= 15 is 0 Å². The molecule has 108 valence electrons. The SMILES string of the molecule is CC(C)c1nn(C)c(NCC2C(C)(C)C2(C)C)c1N. The van der Waals surface area contributed by atoms with E-state index in [1.807, 2.05) is 11.7 Å². The Kier molecular flexibility index (Phi) is 3.11. The molecule has 2 rings (SSSR count). The van der Waals surface area contributed by atoms with E-state index in [4.69, 9.17) is 5.73 Å². The summed E-state index contributed by atoms with van der Waals surface area (Å²) in [5.41, 5.74) is 8.78. The fourth-order valence-electron chi connectivity index (χ4n) is 3.24. The largest absolute Gasteiger partial charge is 0.394 e. The van der Waals surface area contributed by atoms with Crippen LogP contribution in [0.1, 0.15) is 53.2 Å². The molecule has 1 aliphatic rings. The summed E-state index contributed by atoms with van der Waals surface area (Å²) < 4.78 is 1.87. The molecule has 0 bridgehead atoms. The normalized spacial score (nSPS) is 20.8. The Morgan fingerprint density at radius 1 is 1.26 bits per heavy atom. The number of nitrogens with one attached hydrogen (secondary N) is 1. The van der Waals surface area contributed by atoms with Gasteiger partial charge < -0.3 is 11.1 Å². The van der Waals surface area contributed by atoms with Gasteiger partial charge in [0.25, 0.3) is 0 Å². The van der Waals surface area contributed by atoms with Crippen LogP contribution in [0.5, 0.6) is 0 Å². The van der Waals surface area contributed by atoms with Crippen molar-refractivity contribution in [3.8, 4) is 0 Å². The van der Waals surface area contributed by atoms with E-state index in [1.165, 1.54) is 0 Å². The van der Waals surface area contributed by atoms with Gasteiger partial charge in [0.05, 0.1) is 11.4 Å². The summed E-state index contributed by atoms with van der Waals surface area (Å²) in [6.45, 7) is 14.6. The van der Waals surface area contributed by atoms with Crippen LogP contribution in [-0.4, -0.2) is 16.3 Å². The summed E-state index contributed by atoms with van der Waals surface area (Å²) in [5.74, 6) is 1.99. The van der Waals surface area contributed by atoms with Gasteiger partial charge in [0.1, 0.15) is 5.82 Å². The molecular weight excluding hydrogens is 236 g/mol. The second-order valence-electron chi connectivity index (χ2n) is 7.30. The Morgan fingerprint density at radius 3 is 2.16 bits per heavy atom. The minimum atomic E-state index is 0.357. The number of anilines is 2. The minimum absolute atomic E-state index is 0.357. The first-order valence-corrected chi connectivity index (χ1v) is 7.17. The number of hydrogen-bond acceptors (Lipinski definition) is 3. The first-order valence-electron chi connectivity index (χ1n) is 7.17. The molecule has 1 aliphatic carbocycles. The van der Waals surface area contributed by atoms with Gasteiger partial charge in [-0.25, -0.2) is 0 Å². The zero-order valence-electron chi connectivity index (χ0n) is 13.3. The van der Waals surface area contributed by atoms with Crippen LogP contribution in [0, 0.1) is 16.7 Å². The molecule has 0 saturated heterocycles. The van der Waals surface area contributed by atoms with E-state index in [0.29, 0.717) is 22.7 Å². The van der Waals surface area contributed by atoms with E-state index in [2.05, 4.69) is 52.0 Å². The molecule has 4 nitrogen and oxygen atoms in total. The van der Waals surface area contributed by atoms with Crippen LogP contribution >= 0.6 is 0 Å². The van der Waals surface area contributed by atoms with Crippen LogP contribution in [0.25, 0.3) is 0 Å². The summed E-state index contributed by atoms with van der Waals surface area (Å²) in [7, 11) is 1.95. The zero-order valence-corrected chi connectivity index (χ0v) is 13.3. The molecular formula is C15H28N4. The van der Waals surface area contributed by atoms with E-state index in [0.717, 1.165) is 23.7 Å². The van der Waals surface area contributed by atoms with Gasteiger partial charge in [0, 0.05) is 13.6 Å². The van der Waals surface area contributed by atoms with E-state index < -0.39 is 0 Å². The van der Waals surface area contributed by atoms with E-state index in [-0.39, 0.29) is 0 Å². The van der Waals surface area contributed by atoms with Crippen molar-refractivity contribution in [3.63, 3.8) is 0 Å². The maximum atomic E-state index is 6.20. The molecule has 1 saturated carbocycles. The maximum Gasteiger partial charge on any atom is 0.147 e. The zero-order chi connectivity index (χ0) is 14.6. The van der Waals surface area contributed by atoms with Crippen LogP contribution in [0.3, 0.4) is 0 Å². The van der Waals surface area contributed by atoms with Crippen LogP contribution in [0.15, 0.2) is 0 Å². The second-order valence-corrected chi connectivity index (χ2v) is 7.30. The average molecular weight is 264 g/mol. The van der Waals surface area contributed by atoms with Crippen molar-refractivity contribution in [3.05, 3.63) is 5.69 Å². The first kappa shape index (κ1) is 14.2. The van der Waals surface area contributed by atoms with Gasteiger partial charge >= 0.3 is 0 Å². The molecule has 4 heteroatoms. The molecule has 1 aromatic rings. The maximum absolute atomic E-state index is 6.20. The van der Waals surface area contributed by atoms with Gasteiger partial charge in [0.15, 0.2) is 0 Å². The lowest BCUT2D eigenvalue weighted by Crippen LogP contribution is -2.12. The predicted molar refractivity (Wildman–Crippen MR) is 81.3 cm³/mol. The quantitative estimate of drug-likeness (QED) is 0.878. The second kappa shape index (κ2) is 4.15. The fourth-order valence-corrected chi connectivity index (χ4v) is 3.24. The molecule has 1 heterocycles. The fraction of sp³-hybridized carbons (Fsp3) is 0.800. The van der Waals surface area contributed by atoms with Gasteiger partial charge in [-0.15, -0.1) is 0 Å². The number of hydrogen-bond donors (Lipinski definition) is 2. The molecule has 0 unspecified atom stereocenters. The molecule has 0 aromatic carbocycles. The third-order valence-electron chi connectivity index (χ3n) is 5.45. The Hall–Kier alpha value is -1.19.